The van der Waals surface area contributed by atoms with E-state index in [0.717, 1.165) is 17.7 Å². The first-order chi connectivity index (χ1) is 14.0. The summed E-state index contributed by atoms with van der Waals surface area (Å²) in [6, 6.07) is 12.3. The first-order valence-corrected chi connectivity index (χ1v) is 10.2. The van der Waals surface area contributed by atoms with Crippen LogP contribution in [0.2, 0.25) is 5.02 Å². The maximum atomic E-state index is 12.9. The number of benzene rings is 2. The van der Waals surface area contributed by atoms with Gasteiger partial charge in [-0.05, 0) is 42.3 Å². The second-order valence-corrected chi connectivity index (χ2v) is 8.83. The van der Waals surface area contributed by atoms with Gasteiger partial charge in [0.1, 0.15) is 0 Å². The highest BCUT2D eigenvalue weighted by molar-refractivity contribution is 6.30. The van der Waals surface area contributed by atoms with Gasteiger partial charge in [0.25, 0.3) is 0 Å². The van der Waals surface area contributed by atoms with E-state index in [1.165, 1.54) is 12.1 Å². The fraction of sp³-hybridized carbons (Fsp3) is 0.435. The van der Waals surface area contributed by atoms with Crippen LogP contribution in [0.3, 0.4) is 0 Å². The van der Waals surface area contributed by atoms with Gasteiger partial charge in [-0.2, -0.15) is 13.2 Å². The van der Waals surface area contributed by atoms with E-state index in [2.05, 4.69) is 5.32 Å². The van der Waals surface area contributed by atoms with E-state index >= 15 is 0 Å². The largest absolute Gasteiger partial charge is 0.416 e. The Hall–Kier alpha value is -2.05. The van der Waals surface area contributed by atoms with Crippen LogP contribution in [0.15, 0.2) is 48.5 Å². The normalized spacial score (nSPS) is 24.7. The van der Waals surface area contributed by atoms with Gasteiger partial charge in [0.05, 0.1) is 17.8 Å². The molecule has 1 aliphatic rings. The number of ether oxygens (including phenoxy) is 1. The standard InChI is InChI=1S/C23H25ClF3NO2/c1-14(2)21(29)28-22(3)12-19(15-4-8-17(9-5-15)23(25,26)27)30-20(13-22)16-6-10-18(24)11-7-16/h4-11,14,19-20H,12-13H2,1-3H3,(H,28,29)/t19-,20+,22-/m1/s1. The molecule has 0 bridgehead atoms. The van der Waals surface area contributed by atoms with E-state index in [4.69, 9.17) is 16.3 Å². The van der Waals surface area contributed by atoms with Crippen LogP contribution in [0, 0.1) is 5.92 Å². The monoisotopic (exact) mass is 439 g/mol. The molecule has 0 unspecified atom stereocenters. The van der Waals surface area contributed by atoms with Crippen LogP contribution in [-0.2, 0) is 15.7 Å². The van der Waals surface area contributed by atoms with Crippen LogP contribution in [-0.4, -0.2) is 11.4 Å². The number of alkyl halides is 3. The van der Waals surface area contributed by atoms with E-state index in [1.807, 2.05) is 32.9 Å². The number of halogens is 4. The molecular formula is C23H25ClF3NO2. The fourth-order valence-corrected chi connectivity index (χ4v) is 3.82. The minimum atomic E-state index is -4.39. The highest BCUT2D eigenvalue weighted by atomic mass is 35.5. The second-order valence-electron chi connectivity index (χ2n) is 8.40. The van der Waals surface area contributed by atoms with Crippen molar-refractivity contribution in [1.82, 2.24) is 5.32 Å². The Balaban J connectivity index is 1.91. The molecule has 1 heterocycles. The van der Waals surface area contributed by atoms with E-state index in [9.17, 15) is 18.0 Å². The fourth-order valence-electron chi connectivity index (χ4n) is 3.70. The topological polar surface area (TPSA) is 38.3 Å². The molecule has 7 heteroatoms. The molecule has 30 heavy (non-hydrogen) atoms. The van der Waals surface area contributed by atoms with Crippen molar-refractivity contribution in [3.05, 3.63) is 70.2 Å². The molecule has 3 rings (SSSR count). The summed E-state index contributed by atoms with van der Waals surface area (Å²) in [5.41, 5.74) is 0.275. The van der Waals surface area contributed by atoms with Crippen LogP contribution in [0.4, 0.5) is 13.2 Å². The summed E-state index contributed by atoms with van der Waals surface area (Å²) in [4.78, 5) is 12.4. The lowest BCUT2D eigenvalue weighted by molar-refractivity contribution is -0.138. The number of rotatable bonds is 4. The van der Waals surface area contributed by atoms with Gasteiger partial charge >= 0.3 is 6.18 Å². The van der Waals surface area contributed by atoms with E-state index in [1.54, 1.807) is 12.1 Å². The Kier molecular flexibility index (Phi) is 6.48. The van der Waals surface area contributed by atoms with E-state index in [-0.39, 0.29) is 17.9 Å². The van der Waals surface area contributed by atoms with Gasteiger partial charge in [-0.15, -0.1) is 0 Å². The molecule has 2 aromatic rings. The minimum Gasteiger partial charge on any atom is -0.365 e. The van der Waals surface area contributed by atoms with Gasteiger partial charge in [0, 0.05) is 29.3 Å². The summed E-state index contributed by atoms with van der Waals surface area (Å²) in [7, 11) is 0. The maximum Gasteiger partial charge on any atom is 0.416 e. The summed E-state index contributed by atoms with van der Waals surface area (Å²) in [6.07, 6.45) is -4.18. The first kappa shape index (κ1) is 22.6. The maximum absolute atomic E-state index is 12.9. The molecule has 3 nitrogen and oxygen atoms in total. The molecule has 1 aliphatic heterocycles. The predicted octanol–water partition coefficient (Wildman–Crippen LogP) is 6.48. The zero-order chi connectivity index (χ0) is 22.1. The van der Waals surface area contributed by atoms with Crippen LogP contribution >= 0.6 is 11.6 Å². The van der Waals surface area contributed by atoms with Crippen molar-refractivity contribution in [2.24, 2.45) is 5.92 Å². The van der Waals surface area contributed by atoms with Crippen molar-refractivity contribution in [2.75, 3.05) is 0 Å². The Labute approximate surface area is 179 Å². The number of hydrogen-bond donors (Lipinski definition) is 1. The molecule has 2 aromatic carbocycles. The predicted molar refractivity (Wildman–Crippen MR) is 110 cm³/mol. The summed E-state index contributed by atoms with van der Waals surface area (Å²) in [5, 5.41) is 3.72. The summed E-state index contributed by atoms with van der Waals surface area (Å²) >= 11 is 6.00. The number of amides is 1. The van der Waals surface area contributed by atoms with Gasteiger partial charge in [-0.3, -0.25) is 4.79 Å². The van der Waals surface area contributed by atoms with Gasteiger partial charge in [-0.1, -0.05) is 49.7 Å². The number of hydrogen-bond acceptors (Lipinski definition) is 2. The van der Waals surface area contributed by atoms with Gasteiger partial charge < -0.3 is 10.1 Å². The van der Waals surface area contributed by atoms with E-state index in [0.29, 0.717) is 23.4 Å². The molecule has 162 valence electrons. The lowest BCUT2D eigenvalue weighted by Crippen LogP contribution is -2.52. The SMILES string of the molecule is CC(C)C(=O)N[C@@]1(C)C[C@@H](c2ccc(Cl)cc2)O[C@@H](c2ccc(C(F)(F)F)cc2)C1. The number of carbonyl (C=O) groups is 1. The number of nitrogens with one attached hydrogen (secondary N) is 1. The summed E-state index contributed by atoms with van der Waals surface area (Å²) < 4.78 is 45.1. The average Bonchev–Trinajstić information content (AvgIpc) is 2.67. The molecule has 0 spiro atoms. The third-order valence-corrected chi connectivity index (χ3v) is 5.65. The molecule has 1 fully saturated rings. The molecule has 0 aromatic heterocycles. The lowest BCUT2D eigenvalue weighted by atomic mass is 9.81. The van der Waals surface area contributed by atoms with Crippen molar-refractivity contribution in [1.29, 1.82) is 0 Å². The Morgan fingerprint density at radius 3 is 1.93 bits per heavy atom. The Bertz CT molecular complexity index is 881. The smallest absolute Gasteiger partial charge is 0.365 e. The number of carbonyl (C=O) groups excluding carboxylic acids is 1. The summed E-state index contributed by atoms with van der Waals surface area (Å²) in [6.45, 7) is 5.60. The minimum absolute atomic E-state index is 0.0691. The highest BCUT2D eigenvalue weighted by Gasteiger charge is 2.41. The molecule has 1 N–H and O–H groups in total. The molecule has 1 saturated heterocycles. The van der Waals surface area contributed by atoms with Crippen LogP contribution < -0.4 is 5.32 Å². The molecule has 0 aliphatic carbocycles. The van der Waals surface area contributed by atoms with E-state index < -0.39 is 23.4 Å². The van der Waals surface area contributed by atoms with Crippen molar-refractivity contribution in [2.45, 2.75) is 57.5 Å². The third-order valence-electron chi connectivity index (χ3n) is 5.40. The van der Waals surface area contributed by atoms with Crippen molar-refractivity contribution >= 4 is 17.5 Å². The molecule has 0 radical (unpaired) electrons. The van der Waals surface area contributed by atoms with Crippen LogP contribution in [0.5, 0.6) is 0 Å². The van der Waals surface area contributed by atoms with Crippen molar-refractivity contribution in [3.8, 4) is 0 Å². The summed E-state index contributed by atoms with van der Waals surface area (Å²) in [5.74, 6) is -0.247. The first-order valence-electron chi connectivity index (χ1n) is 9.87. The van der Waals surface area contributed by atoms with Gasteiger partial charge in [0.2, 0.25) is 5.91 Å². The highest BCUT2D eigenvalue weighted by Crippen LogP contribution is 2.44. The van der Waals surface area contributed by atoms with Gasteiger partial charge in [-0.25, -0.2) is 0 Å². The average molecular weight is 440 g/mol. The molecular weight excluding hydrogens is 415 g/mol. The van der Waals surface area contributed by atoms with Crippen LogP contribution in [0.25, 0.3) is 0 Å². The molecule has 0 saturated carbocycles. The van der Waals surface area contributed by atoms with Crippen molar-refractivity contribution in [3.63, 3.8) is 0 Å². The molecule has 1 amide bonds. The van der Waals surface area contributed by atoms with Crippen LogP contribution in [0.1, 0.15) is 62.5 Å². The third kappa shape index (κ3) is 5.35. The van der Waals surface area contributed by atoms with Gasteiger partial charge in [0.15, 0.2) is 0 Å². The zero-order valence-corrected chi connectivity index (χ0v) is 17.8. The quantitative estimate of drug-likeness (QED) is 0.591. The van der Waals surface area contributed by atoms with Crippen molar-refractivity contribution < 1.29 is 22.7 Å². The molecule has 3 atom stereocenters. The Morgan fingerprint density at radius 1 is 1.03 bits per heavy atom. The lowest BCUT2D eigenvalue weighted by Gasteiger charge is -2.43. The second kappa shape index (κ2) is 8.60. The Morgan fingerprint density at radius 2 is 1.50 bits per heavy atom. The zero-order valence-electron chi connectivity index (χ0n) is 17.1.